The highest BCUT2D eigenvalue weighted by molar-refractivity contribution is 5.80. The highest BCUT2D eigenvalue weighted by atomic mass is 16.6. The number of hydrogen-bond acceptors (Lipinski definition) is 4. The number of rotatable bonds is 3. The fraction of sp³-hybridized carbons (Fsp3) is 0.750. The van der Waals surface area contributed by atoms with Gasteiger partial charge in [-0.25, -0.2) is 4.79 Å². The van der Waals surface area contributed by atoms with Crippen LogP contribution in [0.4, 0.5) is 0 Å². The molecule has 0 spiro atoms. The van der Waals surface area contributed by atoms with Crippen molar-refractivity contribution in [1.29, 1.82) is 0 Å². The molecule has 0 saturated carbocycles. The lowest BCUT2D eigenvalue weighted by molar-refractivity contribution is -0.162. The zero-order chi connectivity index (χ0) is 10.6. The molecule has 0 rings (SSSR count). The van der Waals surface area contributed by atoms with Crippen molar-refractivity contribution in [2.75, 3.05) is 0 Å². The van der Waals surface area contributed by atoms with E-state index in [1.54, 1.807) is 20.8 Å². The lowest BCUT2D eigenvalue weighted by Crippen LogP contribution is -2.29. The molecule has 2 N–H and O–H groups in total. The molecule has 0 amide bonds. The van der Waals surface area contributed by atoms with Gasteiger partial charge in [-0.2, -0.15) is 0 Å². The van der Waals surface area contributed by atoms with Crippen LogP contribution in [0.1, 0.15) is 27.2 Å². The Kier molecular flexibility index (Phi) is 3.87. The molecule has 0 aromatic rings. The van der Waals surface area contributed by atoms with Crippen LogP contribution in [0.15, 0.2) is 0 Å². The Bertz CT molecular complexity index is 203. The fourth-order valence-electron chi connectivity index (χ4n) is 0.628. The second-order valence-electron chi connectivity index (χ2n) is 3.64. The zero-order valence-corrected chi connectivity index (χ0v) is 7.90. The van der Waals surface area contributed by atoms with Crippen LogP contribution in [-0.4, -0.2) is 33.9 Å². The van der Waals surface area contributed by atoms with Crippen molar-refractivity contribution in [2.45, 2.75) is 38.9 Å². The van der Waals surface area contributed by atoms with Gasteiger partial charge >= 0.3 is 11.9 Å². The van der Waals surface area contributed by atoms with Gasteiger partial charge in [0.15, 0.2) is 6.10 Å². The van der Waals surface area contributed by atoms with Crippen molar-refractivity contribution in [3.63, 3.8) is 0 Å². The summed E-state index contributed by atoms with van der Waals surface area (Å²) in [7, 11) is 0. The molecule has 0 aliphatic heterocycles. The number of ether oxygens (including phenoxy) is 1. The van der Waals surface area contributed by atoms with E-state index in [9.17, 15) is 9.59 Å². The number of esters is 1. The summed E-state index contributed by atoms with van der Waals surface area (Å²) in [6.07, 6.45) is -2.21. The van der Waals surface area contributed by atoms with Crippen molar-refractivity contribution in [2.24, 2.45) is 0 Å². The predicted octanol–water partition coefficient (Wildman–Crippen LogP) is 0.164. The smallest absolute Gasteiger partial charge is 0.333 e. The average molecular weight is 190 g/mol. The molecule has 5 nitrogen and oxygen atoms in total. The molecule has 0 saturated heterocycles. The Morgan fingerprint density at radius 3 is 2.15 bits per heavy atom. The first-order chi connectivity index (χ1) is 5.72. The molecule has 0 radical (unpaired) electrons. The van der Waals surface area contributed by atoms with Crippen LogP contribution in [0.25, 0.3) is 0 Å². The van der Waals surface area contributed by atoms with Gasteiger partial charge in [0.2, 0.25) is 0 Å². The first-order valence-electron chi connectivity index (χ1n) is 3.85. The summed E-state index contributed by atoms with van der Waals surface area (Å²) in [5.74, 6) is -2.15. The number of aliphatic carboxylic acids is 1. The van der Waals surface area contributed by atoms with Crippen molar-refractivity contribution < 1.29 is 24.5 Å². The van der Waals surface area contributed by atoms with E-state index < -0.39 is 30.1 Å². The molecule has 0 fully saturated rings. The Morgan fingerprint density at radius 2 is 1.85 bits per heavy atom. The van der Waals surface area contributed by atoms with E-state index >= 15 is 0 Å². The Morgan fingerprint density at radius 1 is 1.38 bits per heavy atom. The molecule has 5 heteroatoms. The molecule has 13 heavy (non-hydrogen) atoms. The summed E-state index contributed by atoms with van der Waals surface area (Å²) in [4.78, 5) is 21.1. The third-order valence-corrected chi connectivity index (χ3v) is 1.07. The highest BCUT2D eigenvalue weighted by Gasteiger charge is 2.22. The number of carbonyl (C=O) groups excluding carboxylic acids is 1. The summed E-state index contributed by atoms with van der Waals surface area (Å²) >= 11 is 0. The molecular weight excluding hydrogens is 176 g/mol. The normalized spacial score (nSPS) is 13.5. The molecule has 0 bridgehead atoms. The summed E-state index contributed by atoms with van der Waals surface area (Å²) < 4.78 is 4.80. The summed E-state index contributed by atoms with van der Waals surface area (Å²) in [5.41, 5.74) is -0.657. The zero-order valence-electron chi connectivity index (χ0n) is 7.90. The van der Waals surface area contributed by atoms with Crippen LogP contribution < -0.4 is 0 Å². The van der Waals surface area contributed by atoms with Gasteiger partial charge in [0, 0.05) is 0 Å². The maximum atomic E-state index is 10.9. The second kappa shape index (κ2) is 4.23. The Balaban J connectivity index is 3.96. The molecule has 0 aromatic carbocycles. The van der Waals surface area contributed by atoms with Gasteiger partial charge < -0.3 is 14.9 Å². The maximum absolute atomic E-state index is 10.9. The minimum atomic E-state index is -1.69. The SMILES string of the molecule is CC(C)(C)OC(=O)C[C@@H](O)C(=O)O. The molecule has 76 valence electrons. The minimum absolute atomic E-state index is 0.521. The predicted molar refractivity (Wildman–Crippen MR) is 44.1 cm³/mol. The highest BCUT2D eigenvalue weighted by Crippen LogP contribution is 2.09. The van der Waals surface area contributed by atoms with Gasteiger partial charge in [-0.3, -0.25) is 4.79 Å². The van der Waals surface area contributed by atoms with E-state index in [4.69, 9.17) is 14.9 Å². The van der Waals surface area contributed by atoms with Crippen LogP contribution in [0.2, 0.25) is 0 Å². The van der Waals surface area contributed by atoms with Crippen LogP contribution in [0, 0.1) is 0 Å². The number of aliphatic hydroxyl groups is 1. The van der Waals surface area contributed by atoms with Gasteiger partial charge in [0.25, 0.3) is 0 Å². The van der Waals surface area contributed by atoms with E-state index in [0.717, 1.165) is 0 Å². The summed E-state index contributed by atoms with van der Waals surface area (Å²) in [5, 5.41) is 17.1. The van der Waals surface area contributed by atoms with E-state index in [2.05, 4.69) is 0 Å². The minimum Gasteiger partial charge on any atom is -0.479 e. The lowest BCUT2D eigenvalue weighted by atomic mass is 10.2. The van der Waals surface area contributed by atoms with Crippen molar-refractivity contribution in [3.8, 4) is 0 Å². The fourth-order valence-corrected chi connectivity index (χ4v) is 0.628. The molecule has 0 unspecified atom stereocenters. The van der Waals surface area contributed by atoms with Gasteiger partial charge in [-0.1, -0.05) is 0 Å². The average Bonchev–Trinajstić information content (AvgIpc) is 1.81. The molecule has 0 aliphatic rings. The molecule has 0 heterocycles. The topological polar surface area (TPSA) is 83.8 Å². The lowest BCUT2D eigenvalue weighted by Gasteiger charge is -2.19. The van der Waals surface area contributed by atoms with Crippen LogP contribution in [0.5, 0.6) is 0 Å². The first kappa shape index (κ1) is 11.9. The van der Waals surface area contributed by atoms with Crippen molar-refractivity contribution in [1.82, 2.24) is 0 Å². The number of hydrogen-bond donors (Lipinski definition) is 2. The van der Waals surface area contributed by atoms with Crippen LogP contribution >= 0.6 is 0 Å². The summed E-state index contributed by atoms with van der Waals surface area (Å²) in [6, 6.07) is 0. The van der Waals surface area contributed by atoms with Crippen molar-refractivity contribution in [3.05, 3.63) is 0 Å². The quantitative estimate of drug-likeness (QED) is 0.619. The maximum Gasteiger partial charge on any atom is 0.333 e. The standard InChI is InChI=1S/C8H14O5/c1-8(2,3)13-6(10)4-5(9)7(11)12/h5,9H,4H2,1-3H3,(H,11,12)/t5-/m1/s1. The van der Waals surface area contributed by atoms with E-state index in [1.165, 1.54) is 0 Å². The number of aliphatic hydroxyl groups excluding tert-OH is 1. The monoisotopic (exact) mass is 190 g/mol. The van der Waals surface area contributed by atoms with E-state index in [-0.39, 0.29) is 0 Å². The van der Waals surface area contributed by atoms with Gasteiger partial charge in [-0.15, -0.1) is 0 Å². The van der Waals surface area contributed by atoms with Gasteiger partial charge in [-0.05, 0) is 20.8 Å². The number of carbonyl (C=O) groups is 2. The molecule has 0 aliphatic carbocycles. The third kappa shape index (κ3) is 6.10. The molecular formula is C8H14O5. The van der Waals surface area contributed by atoms with Gasteiger partial charge in [0.05, 0.1) is 6.42 Å². The van der Waals surface area contributed by atoms with Crippen LogP contribution in [-0.2, 0) is 14.3 Å². The first-order valence-corrected chi connectivity index (χ1v) is 3.85. The largest absolute Gasteiger partial charge is 0.479 e. The molecule has 1 atom stereocenters. The van der Waals surface area contributed by atoms with Gasteiger partial charge in [0.1, 0.15) is 5.60 Å². The van der Waals surface area contributed by atoms with E-state index in [1.807, 2.05) is 0 Å². The van der Waals surface area contributed by atoms with Crippen molar-refractivity contribution >= 4 is 11.9 Å². The Hall–Kier alpha value is -1.10. The number of carboxylic acids is 1. The van der Waals surface area contributed by atoms with Crippen LogP contribution in [0.3, 0.4) is 0 Å². The number of carboxylic acid groups (broad SMARTS) is 1. The Labute approximate surface area is 76.3 Å². The molecule has 0 aromatic heterocycles. The van der Waals surface area contributed by atoms with E-state index in [0.29, 0.717) is 0 Å². The summed E-state index contributed by atoms with van der Waals surface area (Å²) in [6.45, 7) is 4.99. The second-order valence-corrected chi connectivity index (χ2v) is 3.64. The third-order valence-electron chi connectivity index (χ3n) is 1.07.